The molecule has 3 aromatic rings. The molecule has 3 rings (SSSR count). The summed E-state index contributed by atoms with van der Waals surface area (Å²) in [4.78, 5) is 20.0. The van der Waals surface area contributed by atoms with Crippen LogP contribution in [0.4, 0.5) is 0 Å². The molecule has 100 valence electrons. The Hall–Kier alpha value is -2.69. The summed E-state index contributed by atoms with van der Waals surface area (Å²) < 4.78 is 10.6. The highest BCUT2D eigenvalue weighted by molar-refractivity contribution is 5.93. The summed E-state index contributed by atoms with van der Waals surface area (Å²) in [6.07, 6.45) is 3.14. The quantitative estimate of drug-likeness (QED) is 0.683. The maximum atomic E-state index is 11.7. The monoisotopic (exact) mass is 268 g/mol. The third-order valence-electron chi connectivity index (χ3n) is 2.80. The molecule has 3 heterocycles. The van der Waals surface area contributed by atoms with Gasteiger partial charge in [0.1, 0.15) is 5.69 Å². The normalized spacial score (nSPS) is 10.7. The predicted molar refractivity (Wildman–Crippen MR) is 73.2 cm³/mol. The van der Waals surface area contributed by atoms with Crippen LogP contribution in [0.15, 0.2) is 47.1 Å². The van der Waals surface area contributed by atoms with Crippen molar-refractivity contribution < 1.29 is 13.9 Å². The molecule has 0 saturated carbocycles. The molecule has 0 fully saturated rings. The van der Waals surface area contributed by atoms with Crippen LogP contribution in [-0.2, 0) is 4.74 Å². The number of nitrogens with zero attached hydrogens (tertiary/aromatic N) is 2. The molecule has 0 unspecified atom stereocenters. The first-order valence-electron chi connectivity index (χ1n) is 6.26. The molecule has 0 spiro atoms. The van der Waals surface area contributed by atoms with E-state index < -0.39 is 0 Å². The van der Waals surface area contributed by atoms with E-state index in [-0.39, 0.29) is 5.97 Å². The van der Waals surface area contributed by atoms with E-state index >= 15 is 0 Å². The Morgan fingerprint density at radius 3 is 2.95 bits per heavy atom. The second-order valence-corrected chi connectivity index (χ2v) is 4.16. The molecule has 0 N–H and O–H groups in total. The lowest BCUT2D eigenvalue weighted by Crippen LogP contribution is -2.04. The van der Waals surface area contributed by atoms with Crippen molar-refractivity contribution in [3.05, 3.63) is 48.3 Å². The van der Waals surface area contributed by atoms with E-state index in [9.17, 15) is 4.79 Å². The fourth-order valence-corrected chi connectivity index (χ4v) is 1.89. The Morgan fingerprint density at radius 2 is 2.20 bits per heavy atom. The summed E-state index contributed by atoms with van der Waals surface area (Å²) in [6.45, 7) is 2.10. The third-order valence-corrected chi connectivity index (χ3v) is 2.80. The number of esters is 1. The van der Waals surface area contributed by atoms with E-state index in [1.54, 1.807) is 19.2 Å². The Labute approximate surface area is 115 Å². The van der Waals surface area contributed by atoms with Crippen LogP contribution in [0.5, 0.6) is 0 Å². The molecule has 20 heavy (non-hydrogen) atoms. The fraction of sp³-hybridized carbons (Fsp3) is 0.133. The SMILES string of the molecule is CCOC(=O)c1cnc2oc(-c3ccccn3)cc2c1. The van der Waals surface area contributed by atoms with Gasteiger partial charge in [-0.05, 0) is 31.2 Å². The predicted octanol–water partition coefficient (Wildman–Crippen LogP) is 3.07. The number of aromatic nitrogens is 2. The van der Waals surface area contributed by atoms with Crippen LogP contribution in [0.3, 0.4) is 0 Å². The summed E-state index contributed by atoms with van der Waals surface area (Å²) in [7, 11) is 0. The minimum absolute atomic E-state index is 0.335. The van der Waals surface area contributed by atoms with Crippen LogP contribution in [0.2, 0.25) is 0 Å². The average molecular weight is 268 g/mol. The number of carbonyl (C=O) groups excluding carboxylic acids is 1. The molecule has 0 aliphatic carbocycles. The smallest absolute Gasteiger partial charge is 0.339 e. The molecule has 5 heteroatoms. The molecular formula is C15H12N2O3. The second-order valence-electron chi connectivity index (χ2n) is 4.16. The van der Waals surface area contributed by atoms with Gasteiger partial charge in [0.15, 0.2) is 5.76 Å². The zero-order valence-electron chi connectivity index (χ0n) is 10.9. The zero-order chi connectivity index (χ0) is 13.9. The van der Waals surface area contributed by atoms with Crippen LogP contribution in [0.1, 0.15) is 17.3 Å². The molecule has 0 radical (unpaired) electrons. The van der Waals surface area contributed by atoms with E-state index in [0.29, 0.717) is 23.6 Å². The van der Waals surface area contributed by atoms with Gasteiger partial charge in [0, 0.05) is 17.8 Å². The topological polar surface area (TPSA) is 65.2 Å². The minimum atomic E-state index is -0.387. The van der Waals surface area contributed by atoms with Gasteiger partial charge in [-0.15, -0.1) is 0 Å². The fourth-order valence-electron chi connectivity index (χ4n) is 1.89. The molecule has 0 saturated heterocycles. The van der Waals surface area contributed by atoms with Gasteiger partial charge in [-0.2, -0.15) is 0 Å². The number of pyridine rings is 2. The highest BCUT2D eigenvalue weighted by Crippen LogP contribution is 2.25. The number of hydrogen-bond donors (Lipinski definition) is 0. The van der Waals surface area contributed by atoms with Crippen molar-refractivity contribution in [3.8, 4) is 11.5 Å². The highest BCUT2D eigenvalue weighted by atomic mass is 16.5. The van der Waals surface area contributed by atoms with Crippen LogP contribution in [-0.4, -0.2) is 22.5 Å². The molecule has 0 aliphatic rings. The Morgan fingerprint density at radius 1 is 1.30 bits per heavy atom. The maximum Gasteiger partial charge on any atom is 0.339 e. The summed E-state index contributed by atoms with van der Waals surface area (Å²) >= 11 is 0. The molecule has 0 bridgehead atoms. The first kappa shape index (κ1) is 12.3. The van der Waals surface area contributed by atoms with Gasteiger partial charge in [0.05, 0.1) is 12.2 Å². The van der Waals surface area contributed by atoms with Gasteiger partial charge in [-0.3, -0.25) is 4.98 Å². The molecule has 0 amide bonds. The highest BCUT2D eigenvalue weighted by Gasteiger charge is 2.12. The van der Waals surface area contributed by atoms with Gasteiger partial charge in [-0.25, -0.2) is 9.78 Å². The van der Waals surface area contributed by atoms with Crippen LogP contribution in [0, 0.1) is 0 Å². The van der Waals surface area contributed by atoms with Crippen LogP contribution >= 0.6 is 0 Å². The Bertz CT molecular complexity index is 750. The van der Waals surface area contributed by atoms with Crippen molar-refractivity contribution >= 4 is 17.1 Å². The van der Waals surface area contributed by atoms with Crippen LogP contribution in [0.25, 0.3) is 22.6 Å². The first-order chi connectivity index (χ1) is 9.78. The second kappa shape index (κ2) is 5.13. The van der Waals surface area contributed by atoms with E-state index in [0.717, 1.165) is 11.1 Å². The van der Waals surface area contributed by atoms with E-state index in [4.69, 9.17) is 9.15 Å². The molecule has 0 aliphatic heterocycles. The lowest BCUT2D eigenvalue weighted by molar-refractivity contribution is 0.0526. The number of ether oxygens (including phenoxy) is 1. The average Bonchev–Trinajstić information content (AvgIpc) is 2.91. The molecule has 0 atom stereocenters. The van der Waals surface area contributed by atoms with Gasteiger partial charge in [0.25, 0.3) is 0 Å². The lowest BCUT2D eigenvalue weighted by atomic mass is 10.2. The van der Waals surface area contributed by atoms with Crippen molar-refractivity contribution in [3.63, 3.8) is 0 Å². The van der Waals surface area contributed by atoms with Crippen molar-refractivity contribution in [2.24, 2.45) is 0 Å². The summed E-state index contributed by atoms with van der Waals surface area (Å²) in [6, 6.07) is 9.09. The maximum absolute atomic E-state index is 11.7. The minimum Gasteiger partial charge on any atom is -0.462 e. The summed E-state index contributed by atoms with van der Waals surface area (Å²) in [5.74, 6) is 0.233. The van der Waals surface area contributed by atoms with Crippen molar-refractivity contribution in [2.45, 2.75) is 6.92 Å². The van der Waals surface area contributed by atoms with Gasteiger partial charge in [0.2, 0.25) is 5.71 Å². The Kier molecular flexibility index (Phi) is 3.16. The van der Waals surface area contributed by atoms with Crippen molar-refractivity contribution in [1.82, 2.24) is 9.97 Å². The number of furan rings is 1. The molecular weight excluding hydrogens is 256 g/mol. The number of fused-ring (bicyclic) bond motifs is 1. The third kappa shape index (κ3) is 2.25. The van der Waals surface area contributed by atoms with Gasteiger partial charge < -0.3 is 9.15 Å². The zero-order valence-corrected chi connectivity index (χ0v) is 10.9. The molecule has 3 aromatic heterocycles. The molecule has 0 aromatic carbocycles. The number of rotatable bonds is 3. The standard InChI is InChI=1S/C15H12N2O3/c1-2-19-15(18)11-7-10-8-13(20-14(10)17-9-11)12-5-3-4-6-16-12/h3-9H,2H2,1H3. The van der Waals surface area contributed by atoms with E-state index in [1.807, 2.05) is 24.3 Å². The summed E-state index contributed by atoms with van der Waals surface area (Å²) in [5, 5.41) is 0.746. The van der Waals surface area contributed by atoms with E-state index in [1.165, 1.54) is 6.20 Å². The molecule has 5 nitrogen and oxygen atoms in total. The lowest BCUT2D eigenvalue weighted by Gasteiger charge is -1.99. The van der Waals surface area contributed by atoms with Crippen LogP contribution < -0.4 is 0 Å². The number of carbonyl (C=O) groups is 1. The first-order valence-corrected chi connectivity index (χ1v) is 6.26. The van der Waals surface area contributed by atoms with Gasteiger partial charge >= 0.3 is 5.97 Å². The largest absolute Gasteiger partial charge is 0.462 e. The van der Waals surface area contributed by atoms with Gasteiger partial charge in [-0.1, -0.05) is 6.07 Å². The van der Waals surface area contributed by atoms with Crippen molar-refractivity contribution in [2.75, 3.05) is 6.61 Å². The summed E-state index contributed by atoms with van der Waals surface area (Å²) in [5.41, 5.74) is 1.61. The Balaban J connectivity index is 2.02. The van der Waals surface area contributed by atoms with Crippen molar-refractivity contribution in [1.29, 1.82) is 0 Å². The number of hydrogen-bond acceptors (Lipinski definition) is 5. The van der Waals surface area contributed by atoms with E-state index in [2.05, 4.69) is 9.97 Å².